The van der Waals surface area contributed by atoms with Crippen LogP contribution in [0.25, 0.3) is 0 Å². The number of aliphatic carboxylic acids is 1. The van der Waals surface area contributed by atoms with Crippen molar-refractivity contribution < 1.29 is 14.7 Å². The molecule has 0 spiro atoms. The first kappa shape index (κ1) is 16.5. The van der Waals surface area contributed by atoms with Crippen molar-refractivity contribution in [3.63, 3.8) is 0 Å². The van der Waals surface area contributed by atoms with Crippen molar-refractivity contribution in [3.8, 4) is 6.07 Å². The molecule has 0 heterocycles. The van der Waals surface area contributed by atoms with Gasteiger partial charge in [-0.2, -0.15) is 5.26 Å². The standard InChI is InChI=1S/C15H19N3O3/c1-3-11(7-14(19)20)9-17-15(21)18-13-6-4-5-10(2)12(13)8-16/h4-6,11H,3,7,9H2,1-2H3,(H,19,20)(H2,17,18,21). The third kappa shape index (κ3) is 5.15. The van der Waals surface area contributed by atoms with E-state index in [1.807, 2.05) is 6.92 Å². The molecule has 6 nitrogen and oxygen atoms in total. The fraction of sp³-hybridized carbons (Fsp3) is 0.400. The lowest BCUT2D eigenvalue weighted by atomic mass is 10.0. The molecule has 0 aliphatic carbocycles. The van der Waals surface area contributed by atoms with Gasteiger partial charge < -0.3 is 15.7 Å². The van der Waals surface area contributed by atoms with Crippen LogP contribution in [0.4, 0.5) is 10.5 Å². The zero-order valence-corrected chi connectivity index (χ0v) is 12.1. The van der Waals surface area contributed by atoms with Crippen molar-refractivity contribution >= 4 is 17.7 Å². The van der Waals surface area contributed by atoms with Gasteiger partial charge in [0.1, 0.15) is 6.07 Å². The smallest absolute Gasteiger partial charge is 0.319 e. The molecule has 21 heavy (non-hydrogen) atoms. The van der Waals surface area contributed by atoms with Gasteiger partial charge in [-0.15, -0.1) is 0 Å². The summed E-state index contributed by atoms with van der Waals surface area (Å²) < 4.78 is 0. The van der Waals surface area contributed by atoms with Crippen molar-refractivity contribution in [3.05, 3.63) is 29.3 Å². The number of benzene rings is 1. The number of anilines is 1. The number of nitrogens with zero attached hydrogens (tertiary/aromatic N) is 1. The lowest BCUT2D eigenvalue weighted by Crippen LogP contribution is -2.33. The molecule has 0 aliphatic rings. The maximum Gasteiger partial charge on any atom is 0.319 e. The minimum Gasteiger partial charge on any atom is -0.481 e. The van der Waals surface area contributed by atoms with E-state index in [1.165, 1.54) is 0 Å². The van der Waals surface area contributed by atoms with Crippen LogP contribution in [0.15, 0.2) is 18.2 Å². The molecule has 0 bridgehead atoms. The van der Waals surface area contributed by atoms with Crippen LogP contribution >= 0.6 is 0 Å². The Bertz CT molecular complexity index is 564. The highest BCUT2D eigenvalue weighted by Crippen LogP contribution is 2.18. The topological polar surface area (TPSA) is 102 Å². The minimum atomic E-state index is -0.880. The van der Waals surface area contributed by atoms with Crippen molar-refractivity contribution in [2.24, 2.45) is 5.92 Å². The van der Waals surface area contributed by atoms with E-state index in [9.17, 15) is 9.59 Å². The maximum absolute atomic E-state index is 11.8. The Morgan fingerprint density at radius 3 is 2.71 bits per heavy atom. The van der Waals surface area contributed by atoms with Gasteiger partial charge in [-0.1, -0.05) is 25.5 Å². The lowest BCUT2D eigenvalue weighted by Gasteiger charge is -2.14. The third-order valence-electron chi connectivity index (χ3n) is 3.22. The normalized spacial score (nSPS) is 11.3. The fourth-order valence-electron chi connectivity index (χ4n) is 1.93. The number of nitrogens with one attached hydrogen (secondary N) is 2. The number of carboxylic acid groups (broad SMARTS) is 1. The molecule has 112 valence electrons. The Balaban J connectivity index is 2.61. The first-order chi connectivity index (χ1) is 9.97. The van der Waals surface area contributed by atoms with E-state index in [0.29, 0.717) is 17.7 Å². The SMILES string of the molecule is CCC(CNC(=O)Nc1cccc(C)c1C#N)CC(=O)O. The summed E-state index contributed by atoms with van der Waals surface area (Å²) in [5.41, 5.74) is 1.65. The fourth-order valence-corrected chi connectivity index (χ4v) is 1.93. The number of amides is 2. The molecule has 1 unspecified atom stereocenters. The molecule has 0 aromatic heterocycles. The van der Waals surface area contributed by atoms with E-state index in [0.717, 1.165) is 5.56 Å². The van der Waals surface area contributed by atoms with Crippen LogP contribution in [0.3, 0.4) is 0 Å². The second kappa shape index (κ2) is 7.90. The summed E-state index contributed by atoms with van der Waals surface area (Å²) in [6, 6.07) is 6.81. The average Bonchev–Trinajstić information content (AvgIpc) is 2.43. The van der Waals surface area contributed by atoms with Gasteiger partial charge in [0.2, 0.25) is 0 Å². The highest BCUT2D eigenvalue weighted by Gasteiger charge is 2.13. The summed E-state index contributed by atoms with van der Waals surface area (Å²) in [5.74, 6) is -0.990. The molecule has 3 N–H and O–H groups in total. The highest BCUT2D eigenvalue weighted by molar-refractivity contribution is 5.91. The first-order valence-electron chi connectivity index (χ1n) is 6.74. The third-order valence-corrected chi connectivity index (χ3v) is 3.22. The Morgan fingerprint density at radius 2 is 2.14 bits per heavy atom. The zero-order chi connectivity index (χ0) is 15.8. The summed E-state index contributed by atoms with van der Waals surface area (Å²) in [5, 5.41) is 23.1. The van der Waals surface area contributed by atoms with Crippen LogP contribution in [0.2, 0.25) is 0 Å². The van der Waals surface area contributed by atoms with Gasteiger partial charge in [-0.3, -0.25) is 4.79 Å². The van der Waals surface area contributed by atoms with Crippen LogP contribution in [-0.4, -0.2) is 23.7 Å². The van der Waals surface area contributed by atoms with Crippen molar-refractivity contribution in [1.29, 1.82) is 5.26 Å². The largest absolute Gasteiger partial charge is 0.481 e. The molecule has 2 amide bonds. The molecule has 0 fully saturated rings. The van der Waals surface area contributed by atoms with E-state index in [4.69, 9.17) is 10.4 Å². The van der Waals surface area contributed by atoms with E-state index in [-0.39, 0.29) is 18.9 Å². The van der Waals surface area contributed by atoms with Crippen LogP contribution in [0.1, 0.15) is 30.9 Å². The van der Waals surface area contributed by atoms with Gasteiger partial charge >= 0.3 is 12.0 Å². The molecule has 1 aromatic carbocycles. The van der Waals surface area contributed by atoms with E-state index < -0.39 is 12.0 Å². The quantitative estimate of drug-likeness (QED) is 0.748. The van der Waals surface area contributed by atoms with Crippen LogP contribution < -0.4 is 10.6 Å². The average molecular weight is 289 g/mol. The number of rotatable bonds is 6. The Morgan fingerprint density at radius 1 is 1.43 bits per heavy atom. The monoisotopic (exact) mass is 289 g/mol. The number of carboxylic acids is 1. The molecule has 1 atom stereocenters. The number of carbonyl (C=O) groups is 2. The van der Waals surface area contributed by atoms with Gasteiger partial charge in [-0.25, -0.2) is 4.79 Å². The number of urea groups is 1. The van der Waals surface area contributed by atoms with E-state index in [2.05, 4.69) is 16.7 Å². The molecule has 6 heteroatoms. The number of aryl methyl sites for hydroxylation is 1. The van der Waals surface area contributed by atoms with Crippen molar-refractivity contribution in [2.45, 2.75) is 26.7 Å². The van der Waals surface area contributed by atoms with Gasteiger partial charge in [0.15, 0.2) is 0 Å². The van der Waals surface area contributed by atoms with Crippen LogP contribution in [-0.2, 0) is 4.79 Å². The molecule has 0 aliphatic heterocycles. The molecule has 1 aromatic rings. The Kier molecular flexibility index (Phi) is 6.21. The number of hydrogen-bond acceptors (Lipinski definition) is 3. The number of hydrogen-bond donors (Lipinski definition) is 3. The number of nitriles is 1. The van der Waals surface area contributed by atoms with Crippen LogP contribution in [0.5, 0.6) is 0 Å². The summed E-state index contributed by atoms with van der Waals surface area (Å²) in [6.45, 7) is 3.95. The van der Waals surface area contributed by atoms with Crippen LogP contribution in [0, 0.1) is 24.2 Å². The van der Waals surface area contributed by atoms with Gasteiger partial charge in [-0.05, 0) is 24.5 Å². The summed E-state index contributed by atoms with van der Waals surface area (Å²) in [7, 11) is 0. The maximum atomic E-state index is 11.8. The van der Waals surface area contributed by atoms with Crippen molar-refractivity contribution in [2.75, 3.05) is 11.9 Å². The zero-order valence-electron chi connectivity index (χ0n) is 12.1. The predicted molar refractivity (Wildman–Crippen MR) is 78.9 cm³/mol. The molecule has 0 saturated heterocycles. The highest BCUT2D eigenvalue weighted by atomic mass is 16.4. The summed E-state index contributed by atoms with van der Waals surface area (Å²) >= 11 is 0. The molecule has 0 radical (unpaired) electrons. The minimum absolute atomic E-state index is 0.0185. The first-order valence-corrected chi connectivity index (χ1v) is 6.74. The molecular weight excluding hydrogens is 270 g/mol. The summed E-state index contributed by atoms with van der Waals surface area (Å²) in [4.78, 5) is 22.5. The second-order valence-electron chi connectivity index (χ2n) is 4.82. The second-order valence-corrected chi connectivity index (χ2v) is 4.82. The van der Waals surface area contributed by atoms with Crippen molar-refractivity contribution in [1.82, 2.24) is 5.32 Å². The lowest BCUT2D eigenvalue weighted by molar-refractivity contribution is -0.138. The molecule has 0 saturated carbocycles. The van der Waals surface area contributed by atoms with Gasteiger partial charge in [0.25, 0.3) is 0 Å². The Hall–Kier alpha value is -2.55. The summed E-state index contributed by atoms with van der Waals surface area (Å²) in [6.07, 6.45) is 0.686. The van der Waals surface area contributed by atoms with E-state index >= 15 is 0 Å². The van der Waals surface area contributed by atoms with E-state index in [1.54, 1.807) is 25.1 Å². The van der Waals surface area contributed by atoms with Gasteiger partial charge in [0.05, 0.1) is 11.3 Å². The molecular formula is C15H19N3O3. The van der Waals surface area contributed by atoms with Gasteiger partial charge in [0, 0.05) is 13.0 Å². The predicted octanol–water partition coefficient (Wildman–Crippen LogP) is 2.49. The molecule has 1 rings (SSSR count). The number of carbonyl (C=O) groups excluding carboxylic acids is 1. The Labute approximate surface area is 123 Å².